The van der Waals surface area contributed by atoms with Gasteiger partial charge in [0, 0.05) is 26.2 Å². The highest BCUT2D eigenvalue weighted by Gasteiger charge is 2.23. The van der Waals surface area contributed by atoms with Gasteiger partial charge >= 0.3 is 0 Å². The molecule has 0 radical (unpaired) electrons. The lowest BCUT2D eigenvalue weighted by Crippen LogP contribution is -2.42. The van der Waals surface area contributed by atoms with Gasteiger partial charge in [-0.25, -0.2) is 0 Å². The molecule has 0 aromatic rings. The molecular formula is C12H25NO2. The Hall–Kier alpha value is -0.120. The first-order valence-corrected chi connectivity index (χ1v) is 6.11. The summed E-state index contributed by atoms with van der Waals surface area (Å²) in [5.74, 6) is 0.840. The van der Waals surface area contributed by atoms with E-state index < -0.39 is 0 Å². The van der Waals surface area contributed by atoms with Gasteiger partial charge in [0.25, 0.3) is 0 Å². The summed E-state index contributed by atoms with van der Waals surface area (Å²) in [5.41, 5.74) is 0. The Morgan fingerprint density at radius 1 is 1.33 bits per heavy atom. The first kappa shape index (κ1) is 12.9. The van der Waals surface area contributed by atoms with Gasteiger partial charge in [-0.15, -0.1) is 0 Å². The summed E-state index contributed by atoms with van der Waals surface area (Å²) >= 11 is 0. The summed E-state index contributed by atoms with van der Waals surface area (Å²) in [5, 5.41) is 9.05. The summed E-state index contributed by atoms with van der Waals surface area (Å²) in [6.07, 6.45) is 5.27. The molecule has 0 aliphatic heterocycles. The predicted molar refractivity (Wildman–Crippen MR) is 62.0 cm³/mol. The summed E-state index contributed by atoms with van der Waals surface area (Å²) in [7, 11) is 1.74. The van der Waals surface area contributed by atoms with Crippen LogP contribution in [-0.4, -0.2) is 49.5 Å². The van der Waals surface area contributed by atoms with E-state index in [-0.39, 0.29) is 6.61 Å². The van der Waals surface area contributed by atoms with Crippen molar-refractivity contribution in [2.24, 2.45) is 5.92 Å². The Bertz CT molecular complexity index is 164. The van der Waals surface area contributed by atoms with Crippen molar-refractivity contribution in [3.8, 4) is 0 Å². The van der Waals surface area contributed by atoms with Gasteiger partial charge in [0.2, 0.25) is 0 Å². The van der Waals surface area contributed by atoms with Crippen molar-refractivity contribution in [3.63, 3.8) is 0 Å². The fourth-order valence-corrected chi connectivity index (χ4v) is 2.55. The van der Waals surface area contributed by atoms with Crippen LogP contribution in [0.25, 0.3) is 0 Å². The van der Waals surface area contributed by atoms with Crippen LogP contribution in [-0.2, 0) is 4.74 Å². The second kappa shape index (κ2) is 7.20. The normalized spacial score (nSPS) is 27.2. The lowest BCUT2D eigenvalue weighted by Gasteiger charge is -2.36. The minimum atomic E-state index is 0.259. The Balaban J connectivity index is 2.38. The lowest BCUT2D eigenvalue weighted by molar-refractivity contribution is 0.0760. The van der Waals surface area contributed by atoms with Gasteiger partial charge in [0.15, 0.2) is 0 Å². The van der Waals surface area contributed by atoms with Crippen LogP contribution < -0.4 is 0 Å². The second-order valence-corrected chi connectivity index (χ2v) is 4.68. The maximum Gasteiger partial charge on any atom is 0.0589 e. The molecule has 1 aliphatic carbocycles. The van der Waals surface area contributed by atoms with Crippen LogP contribution in [0.15, 0.2) is 0 Å². The predicted octanol–water partition coefficient (Wildman–Crippen LogP) is 1.51. The zero-order valence-electron chi connectivity index (χ0n) is 10.1. The number of ether oxygens (including phenoxy) is 1. The summed E-state index contributed by atoms with van der Waals surface area (Å²) in [4.78, 5) is 2.39. The minimum absolute atomic E-state index is 0.259. The minimum Gasteiger partial charge on any atom is -0.395 e. The van der Waals surface area contributed by atoms with E-state index in [0.717, 1.165) is 25.6 Å². The van der Waals surface area contributed by atoms with Crippen molar-refractivity contribution in [1.82, 2.24) is 4.90 Å². The van der Waals surface area contributed by atoms with Crippen molar-refractivity contribution in [3.05, 3.63) is 0 Å². The highest BCUT2D eigenvalue weighted by molar-refractivity contribution is 4.78. The molecule has 90 valence electrons. The molecule has 2 unspecified atom stereocenters. The average Bonchev–Trinajstić information content (AvgIpc) is 2.24. The third-order valence-corrected chi connectivity index (χ3v) is 3.39. The summed E-state index contributed by atoms with van der Waals surface area (Å²) in [6, 6.07) is 0.663. The quantitative estimate of drug-likeness (QED) is 0.729. The van der Waals surface area contributed by atoms with Crippen LogP contribution in [0.5, 0.6) is 0 Å². The van der Waals surface area contributed by atoms with Crippen molar-refractivity contribution in [1.29, 1.82) is 0 Å². The monoisotopic (exact) mass is 215 g/mol. The van der Waals surface area contributed by atoms with E-state index in [9.17, 15) is 0 Å². The smallest absolute Gasteiger partial charge is 0.0589 e. The topological polar surface area (TPSA) is 32.7 Å². The Morgan fingerprint density at radius 3 is 2.73 bits per heavy atom. The molecule has 0 bridgehead atoms. The number of aliphatic hydroxyl groups is 1. The zero-order chi connectivity index (χ0) is 11.1. The molecule has 0 aromatic heterocycles. The Labute approximate surface area is 93.4 Å². The molecular weight excluding hydrogens is 190 g/mol. The molecule has 0 aromatic carbocycles. The van der Waals surface area contributed by atoms with E-state index in [1.54, 1.807) is 7.11 Å². The van der Waals surface area contributed by atoms with Gasteiger partial charge < -0.3 is 9.84 Å². The van der Waals surface area contributed by atoms with Crippen molar-refractivity contribution < 1.29 is 9.84 Å². The molecule has 2 atom stereocenters. The molecule has 3 nitrogen and oxygen atoms in total. The molecule has 1 rings (SSSR count). The molecule has 1 saturated carbocycles. The number of hydrogen-bond acceptors (Lipinski definition) is 3. The summed E-state index contributed by atoms with van der Waals surface area (Å²) < 4.78 is 5.11. The van der Waals surface area contributed by atoms with Crippen LogP contribution >= 0.6 is 0 Å². The SMILES string of the molecule is COCCN(CCO)C1CCCC(C)C1. The second-order valence-electron chi connectivity index (χ2n) is 4.68. The van der Waals surface area contributed by atoms with Gasteiger partial charge in [-0.2, -0.15) is 0 Å². The van der Waals surface area contributed by atoms with E-state index in [1.807, 2.05) is 0 Å². The van der Waals surface area contributed by atoms with Gasteiger partial charge in [0.05, 0.1) is 13.2 Å². The standard InChI is InChI=1S/C12H25NO2/c1-11-4-3-5-12(10-11)13(6-8-14)7-9-15-2/h11-12,14H,3-10H2,1-2H3. The van der Waals surface area contributed by atoms with Crippen LogP contribution in [0.3, 0.4) is 0 Å². The maximum atomic E-state index is 9.05. The lowest BCUT2D eigenvalue weighted by atomic mass is 9.86. The van der Waals surface area contributed by atoms with Crippen molar-refractivity contribution in [2.75, 3.05) is 33.4 Å². The van der Waals surface area contributed by atoms with Crippen LogP contribution in [0.4, 0.5) is 0 Å². The van der Waals surface area contributed by atoms with Crippen molar-refractivity contribution in [2.45, 2.75) is 38.6 Å². The molecule has 15 heavy (non-hydrogen) atoms. The Kier molecular flexibility index (Phi) is 6.22. The van der Waals surface area contributed by atoms with Crippen LogP contribution in [0, 0.1) is 5.92 Å². The molecule has 0 heterocycles. The average molecular weight is 215 g/mol. The number of rotatable bonds is 6. The van der Waals surface area contributed by atoms with Crippen molar-refractivity contribution >= 4 is 0 Å². The molecule has 1 aliphatic rings. The first-order chi connectivity index (χ1) is 7.27. The van der Waals surface area contributed by atoms with E-state index in [4.69, 9.17) is 9.84 Å². The first-order valence-electron chi connectivity index (χ1n) is 6.11. The number of hydrogen-bond donors (Lipinski definition) is 1. The van der Waals surface area contributed by atoms with Gasteiger partial charge in [-0.1, -0.05) is 19.8 Å². The highest BCUT2D eigenvalue weighted by Crippen LogP contribution is 2.26. The molecule has 0 amide bonds. The number of aliphatic hydroxyl groups excluding tert-OH is 1. The third kappa shape index (κ3) is 4.49. The molecule has 1 N–H and O–H groups in total. The number of methoxy groups -OCH3 is 1. The number of nitrogens with zero attached hydrogens (tertiary/aromatic N) is 1. The van der Waals surface area contributed by atoms with E-state index in [2.05, 4.69) is 11.8 Å². The van der Waals surface area contributed by atoms with E-state index in [0.29, 0.717) is 6.04 Å². The third-order valence-electron chi connectivity index (χ3n) is 3.39. The Morgan fingerprint density at radius 2 is 2.13 bits per heavy atom. The molecule has 0 saturated heterocycles. The van der Waals surface area contributed by atoms with Gasteiger partial charge in [0.1, 0.15) is 0 Å². The largest absolute Gasteiger partial charge is 0.395 e. The molecule has 3 heteroatoms. The van der Waals surface area contributed by atoms with Gasteiger partial charge in [-0.05, 0) is 18.8 Å². The van der Waals surface area contributed by atoms with E-state index in [1.165, 1.54) is 25.7 Å². The summed E-state index contributed by atoms with van der Waals surface area (Å²) in [6.45, 7) is 5.11. The van der Waals surface area contributed by atoms with Crippen LogP contribution in [0.2, 0.25) is 0 Å². The van der Waals surface area contributed by atoms with Crippen LogP contribution in [0.1, 0.15) is 32.6 Å². The highest BCUT2D eigenvalue weighted by atomic mass is 16.5. The molecule has 1 fully saturated rings. The zero-order valence-corrected chi connectivity index (χ0v) is 10.1. The molecule has 0 spiro atoms. The fourth-order valence-electron chi connectivity index (χ4n) is 2.55. The van der Waals surface area contributed by atoms with E-state index >= 15 is 0 Å². The maximum absolute atomic E-state index is 9.05. The van der Waals surface area contributed by atoms with Gasteiger partial charge in [-0.3, -0.25) is 4.90 Å². The fraction of sp³-hybridized carbons (Fsp3) is 1.00.